The molecule has 13 heteroatoms. The summed E-state index contributed by atoms with van der Waals surface area (Å²) in [4.78, 5) is 8.81. The Bertz CT molecular complexity index is 1110. The van der Waals surface area contributed by atoms with Crippen molar-refractivity contribution in [1.82, 2.24) is 14.3 Å². The minimum atomic E-state index is -5.74. The van der Waals surface area contributed by atoms with Crippen LogP contribution in [0.1, 0.15) is 35.5 Å². The van der Waals surface area contributed by atoms with Crippen molar-refractivity contribution in [3.8, 4) is 0 Å². The quantitative estimate of drug-likeness (QED) is 0.664. The van der Waals surface area contributed by atoms with E-state index in [0.717, 1.165) is 12.1 Å². The first-order chi connectivity index (χ1) is 14.8. The lowest BCUT2D eigenvalue weighted by molar-refractivity contribution is -0.137. The lowest BCUT2D eigenvalue weighted by Crippen LogP contribution is -2.47. The van der Waals surface area contributed by atoms with Crippen LogP contribution < -0.4 is 4.90 Å². The Hall–Kier alpha value is -2.28. The van der Waals surface area contributed by atoms with Crippen LogP contribution in [0.25, 0.3) is 0 Å². The molecule has 0 amide bonds. The number of sulfonamides is 1. The van der Waals surface area contributed by atoms with E-state index in [2.05, 4.69) is 9.97 Å². The molecule has 0 spiro atoms. The van der Waals surface area contributed by atoms with Crippen LogP contribution in [0.4, 0.5) is 32.0 Å². The summed E-state index contributed by atoms with van der Waals surface area (Å²) in [6, 6.07) is 2.17. The molecule has 1 atom stereocenters. The zero-order valence-corrected chi connectivity index (χ0v) is 17.7. The zero-order valence-electron chi connectivity index (χ0n) is 16.8. The summed E-state index contributed by atoms with van der Waals surface area (Å²) in [7, 11) is -5.74. The van der Waals surface area contributed by atoms with Gasteiger partial charge in [0.25, 0.3) is 0 Å². The molecule has 0 unspecified atom stereocenters. The van der Waals surface area contributed by atoms with Crippen LogP contribution in [0, 0.1) is 12.8 Å². The molecule has 1 aliphatic carbocycles. The maximum absolute atomic E-state index is 13.3. The Labute approximate surface area is 180 Å². The third kappa shape index (κ3) is 4.32. The number of benzene rings is 1. The van der Waals surface area contributed by atoms with Gasteiger partial charge in [-0.1, -0.05) is 0 Å². The van der Waals surface area contributed by atoms with E-state index >= 15 is 0 Å². The minimum Gasteiger partial charge on any atom is -0.361 e. The molecule has 1 aromatic heterocycles. The molecule has 0 bridgehead atoms. The molecule has 1 N–H and O–H groups in total. The highest BCUT2D eigenvalue weighted by Gasteiger charge is 2.52. The number of aromatic nitrogens is 2. The summed E-state index contributed by atoms with van der Waals surface area (Å²) in [5.41, 5.74) is -5.85. The monoisotopic (exact) mass is 482 g/mol. The standard InChI is InChI=1S/C19H20F6N4O2S/c1-11-26-7-15(27-11)9-29-16-5-4-14(18(20,21)22)6-13(16)8-28(10-17(29)12-2-3-12)32(30,31)19(23,24)25/h4-7,12,17H,2-3,8-10H2,1H3,(H,26,27)/t17-/m0/s1. The van der Waals surface area contributed by atoms with Crippen LogP contribution in [0.2, 0.25) is 0 Å². The number of H-pyrrole nitrogens is 1. The maximum atomic E-state index is 13.3. The van der Waals surface area contributed by atoms with Gasteiger partial charge < -0.3 is 9.88 Å². The number of aromatic amines is 1. The summed E-state index contributed by atoms with van der Waals surface area (Å²) in [5, 5.41) is 0. The lowest BCUT2D eigenvalue weighted by atomic mass is 10.0. The Balaban J connectivity index is 1.84. The lowest BCUT2D eigenvalue weighted by Gasteiger charge is -2.34. The summed E-state index contributed by atoms with van der Waals surface area (Å²) >= 11 is 0. The van der Waals surface area contributed by atoms with Crippen LogP contribution >= 0.6 is 0 Å². The van der Waals surface area contributed by atoms with Crippen LogP contribution in [0.5, 0.6) is 0 Å². The van der Waals surface area contributed by atoms with Gasteiger partial charge >= 0.3 is 21.7 Å². The first-order valence-corrected chi connectivity index (χ1v) is 11.2. The van der Waals surface area contributed by atoms with E-state index in [9.17, 15) is 34.8 Å². The Kier molecular flexibility index (Phi) is 5.47. The Morgan fingerprint density at radius 1 is 1.16 bits per heavy atom. The van der Waals surface area contributed by atoms with Gasteiger partial charge in [-0.15, -0.1) is 0 Å². The number of nitrogens with zero attached hydrogens (tertiary/aromatic N) is 3. The van der Waals surface area contributed by atoms with Gasteiger partial charge in [0.2, 0.25) is 0 Å². The third-order valence-corrected chi connectivity index (χ3v) is 7.29. The van der Waals surface area contributed by atoms with E-state index in [-0.39, 0.29) is 28.0 Å². The highest BCUT2D eigenvalue weighted by atomic mass is 32.2. The average Bonchev–Trinajstić information content (AvgIpc) is 3.44. The van der Waals surface area contributed by atoms with Crippen LogP contribution in [-0.2, 0) is 29.3 Å². The van der Waals surface area contributed by atoms with Crippen molar-refractivity contribution in [2.75, 3.05) is 11.4 Å². The van der Waals surface area contributed by atoms with Crippen LogP contribution in [-0.4, -0.2) is 40.8 Å². The number of alkyl halides is 6. The molecular weight excluding hydrogens is 462 g/mol. The van der Waals surface area contributed by atoms with Crippen molar-refractivity contribution >= 4 is 15.7 Å². The number of fused-ring (bicyclic) bond motifs is 1. The fourth-order valence-electron chi connectivity index (χ4n) is 4.06. The molecule has 1 aliphatic heterocycles. The molecule has 176 valence electrons. The average molecular weight is 482 g/mol. The number of nitrogens with one attached hydrogen (secondary N) is 1. The number of anilines is 1. The van der Waals surface area contributed by atoms with E-state index < -0.39 is 46.4 Å². The highest BCUT2D eigenvalue weighted by molar-refractivity contribution is 7.89. The van der Waals surface area contributed by atoms with Gasteiger partial charge in [-0.2, -0.15) is 30.6 Å². The highest BCUT2D eigenvalue weighted by Crippen LogP contribution is 2.44. The van der Waals surface area contributed by atoms with Crippen molar-refractivity contribution in [3.63, 3.8) is 0 Å². The maximum Gasteiger partial charge on any atom is 0.511 e. The second kappa shape index (κ2) is 7.65. The predicted octanol–water partition coefficient (Wildman–Crippen LogP) is 4.19. The first-order valence-electron chi connectivity index (χ1n) is 9.81. The second-order valence-corrected chi connectivity index (χ2v) is 10.0. The summed E-state index contributed by atoms with van der Waals surface area (Å²) in [6.07, 6.45) is -1.80. The summed E-state index contributed by atoms with van der Waals surface area (Å²) < 4.78 is 105. The fourth-order valence-corrected chi connectivity index (χ4v) is 5.01. The van der Waals surface area contributed by atoms with Gasteiger partial charge in [0.05, 0.1) is 24.0 Å². The molecule has 1 fully saturated rings. The van der Waals surface area contributed by atoms with E-state index in [1.54, 1.807) is 11.8 Å². The molecule has 4 rings (SSSR count). The molecule has 2 heterocycles. The molecule has 32 heavy (non-hydrogen) atoms. The molecule has 0 saturated heterocycles. The molecule has 2 aromatic rings. The van der Waals surface area contributed by atoms with Crippen LogP contribution in [0.3, 0.4) is 0 Å². The van der Waals surface area contributed by atoms with Crippen molar-refractivity contribution in [2.45, 2.75) is 50.6 Å². The van der Waals surface area contributed by atoms with E-state index in [1.807, 2.05) is 0 Å². The largest absolute Gasteiger partial charge is 0.511 e. The van der Waals surface area contributed by atoms with E-state index in [4.69, 9.17) is 0 Å². The molecule has 1 aromatic carbocycles. The van der Waals surface area contributed by atoms with Gasteiger partial charge in [-0.05, 0) is 49.4 Å². The van der Waals surface area contributed by atoms with Crippen molar-refractivity contribution in [3.05, 3.63) is 47.0 Å². The molecule has 0 radical (unpaired) electrons. The number of hydrogen-bond acceptors (Lipinski definition) is 4. The first kappa shape index (κ1) is 22.9. The van der Waals surface area contributed by atoms with Gasteiger partial charge in [0.1, 0.15) is 5.82 Å². The van der Waals surface area contributed by atoms with Crippen molar-refractivity contribution in [2.24, 2.45) is 5.92 Å². The van der Waals surface area contributed by atoms with Gasteiger partial charge in [0, 0.05) is 24.8 Å². The molecule has 1 saturated carbocycles. The Morgan fingerprint density at radius 3 is 2.38 bits per heavy atom. The van der Waals surface area contributed by atoms with Gasteiger partial charge in [-0.25, -0.2) is 13.4 Å². The Morgan fingerprint density at radius 2 is 1.84 bits per heavy atom. The minimum absolute atomic E-state index is 0.0711. The smallest absolute Gasteiger partial charge is 0.361 e. The third-order valence-electron chi connectivity index (χ3n) is 5.75. The summed E-state index contributed by atoms with van der Waals surface area (Å²) in [6.45, 7) is 0.574. The summed E-state index contributed by atoms with van der Waals surface area (Å²) in [5.74, 6) is 0.532. The molecule has 2 aliphatic rings. The van der Waals surface area contributed by atoms with E-state index in [1.165, 1.54) is 12.3 Å². The predicted molar refractivity (Wildman–Crippen MR) is 103 cm³/mol. The van der Waals surface area contributed by atoms with Gasteiger partial charge in [-0.3, -0.25) is 0 Å². The topological polar surface area (TPSA) is 69.3 Å². The van der Waals surface area contributed by atoms with Crippen LogP contribution in [0.15, 0.2) is 24.4 Å². The van der Waals surface area contributed by atoms with Crippen molar-refractivity contribution in [1.29, 1.82) is 0 Å². The second-order valence-electron chi connectivity index (χ2n) is 8.11. The molecular formula is C19H20F6N4O2S. The van der Waals surface area contributed by atoms with Crippen molar-refractivity contribution < 1.29 is 34.8 Å². The number of hydrogen-bond donors (Lipinski definition) is 1. The fraction of sp³-hybridized carbons (Fsp3) is 0.526. The van der Waals surface area contributed by atoms with E-state index in [0.29, 0.717) is 24.4 Å². The molecule has 6 nitrogen and oxygen atoms in total. The zero-order chi connectivity index (χ0) is 23.5. The SMILES string of the molecule is Cc1ncc(CN2c3ccc(C(F)(F)F)cc3CN(S(=O)(=O)C(F)(F)F)C[C@H]2C2CC2)[nH]1. The van der Waals surface area contributed by atoms with Gasteiger partial charge in [0.15, 0.2) is 0 Å². The number of imidazole rings is 1. The normalized spacial score (nSPS) is 20.8. The number of aryl methyl sites for hydroxylation is 1. The number of halogens is 6. The number of rotatable bonds is 4.